The van der Waals surface area contributed by atoms with E-state index in [4.69, 9.17) is 24.7 Å². The maximum Gasteiger partial charge on any atom is 0.240 e. The minimum Gasteiger partial charge on any atom is -0.476 e. The second kappa shape index (κ2) is 10.2. The Bertz CT molecular complexity index is 399. The lowest BCUT2D eigenvalue weighted by atomic mass is 10.2. The molecule has 6 heteroatoms. The number of pyridine rings is 1. The quantitative estimate of drug-likeness (QED) is 0.631. The molecule has 21 heavy (non-hydrogen) atoms. The van der Waals surface area contributed by atoms with Crippen molar-refractivity contribution in [2.75, 3.05) is 45.9 Å². The molecule has 0 aromatic carbocycles. The van der Waals surface area contributed by atoms with Gasteiger partial charge in [0.1, 0.15) is 6.61 Å². The summed E-state index contributed by atoms with van der Waals surface area (Å²) >= 11 is 0. The van der Waals surface area contributed by atoms with Crippen LogP contribution >= 0.6 is 0 Å². The van der Waals surface area contributed by atoms with Crippen LogP contribution < -0.4 is 15.2 Å². The van der Waals surface area contributed by atoms with Crippen molar-refractivity contribution in [3.8, 4) is 11.8 Å². The molecule has 0 saturated carbocycles. The molecule has 0 atom stereocenters. The fourth-order valence-electron chi connectivity index (χ4n) is 1.49. The molecule has 0 fully saturated rings. The van der Waals surface area contributed by atoms with Crippen molar-refractivity contribution in [2.24, 2.45) is 5.92 Å². The number of aromatic nitrogens is 1. The van der Waals surface area contributed by atoms with Crippen LogP contribution in [0.15, 0.2) is 12.1 Å². The van der Waals surface area contributed by atoms with Gasteiger partial charge >= 0.3 is 0 Å². The van der Waals surface area contributed by atoms with Gasteiger partial charge in [-0.15, -0.1) is 0 Å². The molecule has 0 amide bonds. The number of ether oxygens (including phenoxy) is 4. The first-order valence-electron chi connectivity index (χ1n) is 7.22. The van der Waals surface area contributed by atoms with E-state index in [1.165, 1.54) is 0 Å². The fourth-order valence-corrected chi connectivity index (χ4v) is 1.49. The van der Waals surface area contributed by atoms with Crippen LogP contribution in [0.4, 0.5) is 5.69 Å². The Hall–Kier alpha value is -1.53. The zero-order valence-corrected chi connectivity index (χ0v) is 13.1. The van der Waals surface area contributed by atoms with E-state index in [1.54, 1.807) is 19.2 Å². The Kier molecular flexibility index (Phi) is 8.54. The maximum absolute atomic E-state index is 5.82. The van der Waals surface area contributed by atoms with Crippen molar-refractivity contribution in [1.82, 2.24) is 4.98 Å². The third-order valence-electron chi connectivity index (χ3n) is 2.53. The van der Waals surface area contributed by atoms with E-state index in [-0.39, 0.29) is 0 Å². The summed E-state index contributed by atoms with van der Waals surface area (Å²) in [5, 5.41) is 0. The molecule has 1 heterocycles. The van der Waals surface area contributed by atoms with Gasteiger partial charge in [0, 0.05) is 26.4 Å². The van der Waals surface area contributed by atoms with Crippen molar-refractivity contribution < 1.29 is 18.9 Å². The Labute approximate surface area is 126 Å². The van der Waals surface area contributed by atoms with E-state index >= 15 is 0 Å². The Balaban J connectivity index is 2.30. The molecule has 6 nitrogen and oxygen atoms in total. The third kappa shape index (κ3) is 7.72. The minimum absolute atomic E-state index is 0.413. The summed E-state index contributed by atoms with van der Waals surface area (Å²) in [6.45, 7) is 7.02. The van der Waals surface area contributed by atoms with Crippen LogP contribution in [0.1, 0.15) is 20.3 Å². The summed E-state index contributed by atoms with van der Waals surface area (Å²) < 4.78 is 21.4. The minimum atomic E-state index is 0.413. The van der Waals surface area contributed by atoms with E-state index in [9.17, 15) is 0 Å². The third-order valence-corrected chi connectivity index (χ3v) is 2.53. The van der Waals surface area contributed by atoms with Crippen molar-refractivity contribution in [3.05, 3.63) is 12.1 Å². The highest BCUT2D eigenvalue weighted by atomic mass is 16.5. The van der Waals surface area contributed by atoms with Crippen LogP contribution in [0.5, 0.6) is 11.8 Å². The lowest BCUT2D eigenvalue weighted by molar-refractivity contribution is 0.0793. The van der Waals surface area contributed by atoms with Gasteiger partial charge < -0.3 is 24.7 Å². The summed E-state index contributed by atoms with van der Waals surface area (Å²) in [4.78, 5) is 4.25. The van der Waals surface area contributed by atoms with Gasteiger partial charge in [-0.1, -0.05) is 13.8 Å². The van der Waals surface area contributed by atoms with Gasteiger partial charge in [-0.25, -0.2) is 0 Å². The van der Waals surface area contributed by atoms with Crippen molar-refractivity contribution >= 4 is 5.69 Å². The molecule has 1 aromatic rings. The van der Waals surface area contributed by atoms with Gasteiger partial charge in [0.2, 0.25) is 11.8 Å². The van der Waals surface area contributed by atoms with Gasteiger partial charge in [0.05, 0.1) is 18.9 Å². The predicted octanol–water partition coefficient (Wildman–Crippen LogP) is 2.13. The first-order chi connectivity index (χ1) is 10.1. The lowest BCUT2D eigenvalue weighted by Gasteiger charge is -2.12. The largest absolute Gasteiger partial charge is 0.476 e. The Morgan fingerprint density at radius 1 is 1.10 bits per heavy atom. The molecule has 0 bridgehead atoms. The average Bonchev–Trinajstić information content (AvgIpc) is 2.46. The predicted molar refractivity (Wildman–Crippen MR) is 81.8 cm³/mol. The van der Waals surface area contributed by atoms with Gasteiger partial charge in [-0.2, -0.15) is 4.98 Å². The van der Waals surface area contributed by atoms with E-state index in [0.717, 1.165) is 6.42 Å². The number of anilines is 1. The molecular formula is C15H26N2O4. The molecule has 0 aliphatic rings. The first-order valence-corrected chi connectivity index (χ1v) is 7.22. The summed E-state index contributed by atoms with van der Waals surface area (Å²) in [5.74, 6) is 1.32. The number of hydrogen-bond donors (Lipinski definition) is 1. The van der Waals surface area contributed by atoms with Gasteiger partial charge in [-0.05, 0) is 18.4 Å². The van der Waals surface area contributed by atoms with E-state index < -0.39 is 0 Å². The number of methoxy groups -OCH3 is 1. The van der Waals surface area contributed by atoms with Crippen LogP contribution in [0.2, 0.25) is 0 Å². The summed E-state index contributed by atoms with van der Waals surface area (Å²) in [7, 11) is 1.68. The molecule has 1 aromatic heterocycles. The van der Waals surface area contributed by atoms with E-state index in [1.807, 2.05) is 0 Å². The topological polar surface area (TPSA) is 75.8 Å². The van der Waals surface area contributed by atoms with Gasteiger partial charge in [-0.3, -0.25) is 0 Å². The molecule has 0 spiro atoms. The van der Waals surface area contributed by atoms with Crippen molar-refractivity contribution in [1.29, 1.82) is 0 Å². The standard InChI is InChI=1S/C15H26N2O4/c1-12(2)11-21-15-13(16)5-6-14(17-15)20-10-9-19-8-4-7-18-3/h5-6,12H,4,7-11,16H2,1-3H3. The monoisotopic (exact) mass is 298 g/mol. The molecule has 0 unspecified atom stereocenters. The van der Waals surface area contributed by atoms with Crippen LogP contribution in [0.25, 0.3) is 0 Å². The number of nitrogens with zero attached hydrogens (tertiary/aromatic N) is 1. The molecule has 120 valence electrons. The molecule has 0 radical (unpaired) electrons. The molecule has 1 rings (SSSR count). The zero-order valence-electron chi connectivity index (χ0n) is 13.1. The average molecular weight is 298 g/mol. The van der Waals surface area contributed by atoms with Crippen LogP contribution in [0, 0.1) is 5.92 Å². The normalized spacial score (nSPS) is 10.9. The molecule has 0 saturated heterocycles. The summed E-state index contributed by atoms with van der Waals surface area (Å²) in [5.41, 5.74) is 6.33. The van der Waals surface area contributed by atoms with Crippen molar-refractivity contribution in [3.63, 3.8) is 0 Å². The number of hydrogen-bond acceptors (Lipinski definition) is 6. The number of nitrogen functional groups attached to an aromatic ring is 1. The van der Waals surface area contributed by atoms with E-state index in [2.05, 4.69) is 18.8 Å². The number of nitrogens with two attached hydrogens (primary N) is 1. The van der Waals surface area contributed by atoms with Crippen LogP contribution in [-0.4, -0.2) is 45.1 Å². The number of rotatable bonds is 11. The zero-order chi connectivity index (χ0) is 15.5. The Morgan fingerprint density at radius 2 is 1.90 bits per heavy atom. The van der Waals surface area contributed by atoms with Gasteiger partial charge in [0.15, 0.2) is 0 Å². The van der Waals surface area contributed by atoms with Crippen molar-refractivity contribution in [2.45, 2.75) is 20.3 Å². The molecular weight excluding hydrogens is 272 g/mol. The lowest BCUT2D eigenvalue weighted by Crippen LogP contribution is -2.11. The van der Waals surface area contributed by atoms with Crippen LogP contribution in [0.3, 0.4) is 0 Å². The second-order valence-corrected chi connectivity index (χ2v) is 5.06. The fraction of sp³-hybridized carbons (Fsp3) is 0.667. The molecule has 2 N–H and O–H groups in total. The van der Waals surface area contributed by atoms with Gasteiger partial charge in [0.25, 0.3) is 0 Å². The summed E-state index contributed by atoms with van der Waals surface area (Å²) in [6.07, 6.45) is 0.879. The molecule has 0 aliphatic heterocycles. The second-order valence-electron chi connectivity index (χ2n) is 5.06. The smallest absolute Gasteiger partial charge is 0.240 e. The summed E-state index contributed by atoms with van der Waals surface area (Å²) in [6, 6.07) is 3.46. The van der Waals surface area contributed by atoms with E-state index in [0.29, 0.717) is 56.4 Å². The maximum atomic E-state index is 5.82. The van der Waals surface area contributed by atoms with Crippen LogP contribution in [-0.2, 0) is 9.47 Å². The SMILES string of the molecule is COCCCOCCOc1ccc(N)c(OCC(C)C)n1. The highest BCUT2D eigenvalue weighted by Gasteiger charge is 2.06. The molecule has 0 aliphatic carbocycles. The highest BCUT2D eigenvalue weighted by molar-refractivity contribution is 5.49. The Morgan fingerprint density at radius 3 is 2.62 bits per heavy atom. The highest BCUT2D eigenvalue weighted by Crippen LogP contribution is 2.22. The first kappa shape index (κ1) is 17.5.